The summed E-state index contributed by atoms with van der Waals surface area (Å²) in [5, 5.41) is 11.5. The van der Waals surface area contributed by atoms with Gasteiger partial charge >= 0.3 is 0 Å². The van der Waals surface area contributed by atoms with Crippen LogP contribution in [0.15, 0.2) is 12.3 Å². The lowest BCUT2D eigenvalue weighted by Gasteiger charge is -2.11. The SMILES string of the molecule is Cc1nn(C)c(C)c1CCC(=O)Nc1ccnn1C(C)C. The molecule has 1 N–H and O–H groups in total. The molecule has 0 saturated carbocycles. The van der Waals surface area contributed by atoms with Gasteiger partial charge in [0.2, 0.25) is 5.91 Å². The van der Waals surface area contributed by atoms with Gasteiger partial charge in [0.25, 0.3) is 0 Å². The zero-order chi connectivity index (χ0) is 15.6. The molecule has 6 nitrogen and oxygen atoms in total. The number of carbonyl (C=O) groups is 1. The van der Waals surface area contributed by atoms with Crippen LogP contribution in [0.25, 0.3) is 0 Å². The molecule has 0 radical (unpaired) electrons. The molecule has 0 aliphatic heterocycles. The number of nitrogens with one attached hydrogen (secondary N) is 1. The van der Waals surface area contributed by atoms with Crippen molar-refractivity contribution in [3.05, 3.63) is 29.2 Å². The van der Waals surface area contributed by atoms with Crippen molar-refractivity contribution in [2.75, 3.05) is 5.32 Å². The molecule has 0 aromatic carbocycles. The van der Waals surface area contributed by atoms with Gasteiger partial charge in [0.15, 0.2) is 0 Å². The fraction of sp³-hybridized carbons (Fsp3) is 0.533. The second kappa shape index (κ2) is 6.11. The van der Waals surface area contributed by atoms with Gasteiger partial charge in [0, 0.05) is 31.3 Å². The lowest BCUT2D eigenvalue weighted by atomic mass is 10.1. The molecule has 1 amide bonds. The molecular formula is C15H23N5O. The van der Waals surface area contributed by atoms with E-state index in [1.165, 1.54) is 0 Å². The van der Waals surface area contributed by atoms with Gasteiger partial charge in [0.05, 0.1) is 11.9 Å². The average molecular weight is 289 g/mol. The van der Waals surface area contributed by atoms with Crippen LogP contribution in [0.2, 0.25) is 0 Å². The van der Waals surface area contributed by atoms with Gasteiger partial charge in [-0.3, -0.25) is 9.48 Å². The quantitative estimate of drug-likeness (QED) is 0.919. The summed E-state index contributed by atoms with van der Waals surface area (Å²) in [6.45, 7) is 8.07. The minimum atomic E-state index is 0.0000491. The number of nitrogens with zero attached hydrogens (tertiary/aromatic N) is 4. The molecule has 2 heterocycles. The van der Waals surface area contributed by atoms with Gasteiger partial charge in [-0.1, -0.05) is 0 Å². The van der Waals surface area contributed by atoms with Gasteiger partial charge in [-0.2, -0.15) is 10.2 Å². The van der Waals surface area contributed by atoms with Crippen molar-refractivity contribution in [3.63, 3.8) is 0 Å². The first-order valence-electron chi connectivity index (χ1n) is 7.22. The maximum Gasteiger partial charge on any atom is 0.225 e. The van der Waals surface area contributed by atoms with Crippen molar-refractivity contribution in [2.45, 2.75) is 46.6 Å². The zero-order valence-electron chi connectivity index (χ0n) is 13.3. The predicted molar refractivity (Wildman–Crippen MR) is 82.2 cm³/mol. The molecule has 0 spiro atoms. The number of anilines is 1. The van der Waals surface area contributed by atoms with Crippen LogP contribution >= 0.6 is 0 Å². The Morgan fingerprint density at radius 2 is 2.10 bits per heavy atom. The molecule has 2 aromatic heterocycles. The molecule has 21 heavy (non-hydrogen) atoms. The van der Waals surface area contributed by atoms with Crippen LogP contribution in [0, 0.1) is 13.8 Å². The molecule has 0 atom stereocenters. The monoisotopic (exact) mass is 289 g/mol. The molecule has 0 saturated heterocycles. The van der Waals surface area contributed by atoms with Crippen LogP contribution in [-0.2, 0) is 18.3 Å². The maximum absolute atomic E-state index is 12.1. The van der Waals surface area contributed by atoms with Gasteiger partial charge in [-0.05, 0) is 39.7 Å². The van der Waals surface area contributed by atoms with E-state index in [0.717, 1.165) is 22.8 Å². The van der Waals surface area contributed by atoms with Gasteiger partial charge in [0.1, 0.15) is 5.82 Å². The summed E-state index contributed by atoms with van der Waals surface area (Å²) >= 11 is 0. The molecule has 6 heteroatoms. The van der Waals surface area contributed by atoms with E-state index < -0.39 is 0 Å². The molecule has 0 bridgehead atoms. The van der Waals surface area contributed by atoms with E-state index in [1.807, 2.05) is 45.5 Å². The Hall–Kier alpha value is -2.11. The molecule has 2 aromatic rings. The van der Waals surface area contributed by atoms with E-state index in [0.29, 0.717) is 12.8 Å². The average Bonchev–Trinajstić information content (AvgIpc) is 2.94. The van der Waals surface area contributed by atoms with Gasteiger partial charge in [-0.25, -0.2) is 4.68 Å². The molecule has 0 unspecified atom stereocenters. The number of aryl methyl sites for hydroxylation is 2. The smallest absolute Gasteiger partial charge is 0.225 e. The second-order valence-electron chi connectivity index (χ2n) is 5.58. The molecule has 0 aliphatic rings. The predicted octanol–water partition coefficient (Wildman–Crippen LogP) is 2.39. The Morgan fingerprint density at radius 1 is 1.38 bits per heavy atom. The number of carbonyl (C=O) groups excluding carboxylic acids is 1. The Labute approximate surface area is 125 Å². The highest BCUT2D eigenvalue weighted by Gasteiger charge is 2.13. The largest absolute Gasteiger partial charge is 0.311 e. The van der Waals surface area contributed by atoms with Crippen molar-refractivity contribution in [1.29, 1.82) is 0 Å². The minimum absolute atomic E-state index is 0.0000491. The fourth-order valence-corrected chi connectivity index (χ4v) is 2.45. The molecule has 0 aliphatic carbocycles. The summed E-state index contributed by atoms with van der Waals surface area (Å²) in [5.74, 6) is 0.745. The van der Waals surface area contributed by atoms with Crippen molar-refractivity contribution >= 4 is 11.7 Å². The van der Waals surface area contributed by atoms with Gasteiger partial charge < -0.3 is 5.32 Å². The fourth-order valence-electron chi connectivity index (χ4n) is 2.45. The van der Waals surface area contributed by atoms with E-state index in [2.05, 4.69) is 15.5 Å². The van der Waals surface area contributed by atoms with Crippen molar-refractivity contribution < 1.29 is 4.79 Å². The summed E-state index contributed by atoms with van der Waals surface area (Å²) < 4.78 is 3.66. The zero-order valence-corrected chi connectivity index (χ0v) is 13.3. The van der Waals surface area contributed by atoms with Crippen LogP contribution in [0.4, 0.5) is 5.82 Å². The lowest BCUT2D eigenvalue weighted by Crippen LogP contribution is -2.17. The first kappa shape index (κ1) is 15.3. The molecule has 114 valence electrons. The number of hydrogen-bond acceptors (Lipinski definition) is 3. The second-order valence-corrected chi connectivity index (χ2v) is 5.58. The topological polar surface area (TPSA) is 64.7 Å². The maximum atomic E-state index is 12.1. The van der Waals surface area contributed by atoms with E-state index in [4.69, 9.17) is 0 Å². The number of amides is 1. The third kappa shape index (κ3) is 3.32. The highest BCUT2D eigenvalue weighted by atomic mass is 16.1. The van der Waals surface area contributed by atoms with Crippen molar-refractivity contribution in [2.24, 2.45) is 7.05 Å². The van der Waals surface area contributed by atoms with E-state index in [-0.39, 0.29) is 11.9 Å². The first-order chi connectivity index (χ1) is 9.90. The highest BCUT2D eigenvalue weighted by molar-refractivity contribution is 5.90. The highest BCUT2D eigenvalue weighted by Crippen LogP contribution is 2.16. The first-order valence-corrected chi connectivity index (χ1v) is 7.22. The lowest BCUT2D eigenvalue weighted by molar-refractivity contribution is -0.116. The summed E-state index contributed by atoms with van der Waals surface area (Å²) in [6, 6.07) is 2.04. The Bertz CT molecular complexity index is 639. The molecule has 2 rings (SSSR count). The third-order valence-electron chi connectivity index (χ3n) is 3.69. The summed E-state index contributed by atoms with van der Waals surface area (Å²) in [6.07, 6.45) is 2.84. The number of hydrogen-bond donors (Lipinski definition) is 1. The Morgan fingerprint density at radius 3 is 2.67 bits per heavy atom. The summed E-state index contributed by atoms with van der Waals surface area (Å²) in [5.41, 5.74) is 3.27. The van der Waals surface area contributed by atoms with Crippen LogP contribution in [0.1, 0.15) is 43.3 Å². The van der Waals surface area contributed by atoms with Crippen LogP contribution in [0.3, 0.4) is 0 Å². The normalized spacial score (nSPS) is 11.1. The van der Waals surface area contributed by atoms with E-state index in [1.54, 1.807) is 10.9 Å². The van der Waals surface area contributed by atoms with E-state index in [9.17, 15) is 4.79 Å². The molecule has 0 fully saturated rings. The van der Waals surface area contributed by atoms with Crippen molar-refractivity contribution in [1.82, 2.24) is 19.6 Å². The van der Waals surface area contributed by atoms with Gasteiger partial charge in [-0.15, -0.1) is 0 Å². The minimum Gasteiger partial charge on any atom is -0.311 e. The number of aromatic nitrogens is 4. The van der Waals surface area contributed by atoms with Crippen LogP contribution in [0.5, 0.6) is 0 Å². The van der Waals surface area contributed by atoms with Crippen LogP contribution < -0.4 is 5.32 Å². The summed E-state index contributed by atoms with van der Waals surface area (Å²) in [7, 11) is 1.92. The molecular weight excluding hydrogens is 266 g/mol. The Kier molecular flexibility index (Phi) is 4.45. The van der Waals surface area contributed by atoms with E-state index >= 15 is 0 Å². The van der Waals surface area contributed by atoms with Crippen LogP contribution in [-0.4, -0.2) is 25.5 Å². The third-order valence-corrected chi connectivity index (χ3v) is 3.69. The standard InChI is InChI=1S/C15H23N5O/c1-10(2)20-14(8-9-16-20)17-15(21)7-6-13-11(3)18-19(5)12(13)4/h8-10H,6-7H2,1-5H3,(H,17,21). The summed E-state index contributed by atoms with van der Waals surface area (Å²) in [4.78, 5) is 12.1. The van der Waals surface area contributed by atoms with Crippen molar-refractivity contribution in [3.8, 4) is 0 Å². The number of rotatable bonds is 5. The Balaban J connectivity index is 1.98.